The Bertz CT molecular complexity index is 161. The van der Waals surface area contributed by atoms with E-state index in [2.05, 4.69) is 0 Å². The number of halogens is 1. The smallest absolute Gasteiger partial charge is 0.209 e. The second kappa shape index (κ2) is 1.71. The van der Waals surface area contributed by atoms with E-state index in [9.17, 15) is 9.18 Å². The molecule has 1 aliphatic carbocycles. The lowest BCUT2D eigenvalue weighted by molar-refractivity contribution is -0.133. The van der Waals surface area contributed by atoms with Gasteiger partial charge in [0.15, 0.2) is 0 Å². The largest absolute Gasteiger partial charge is 0.339 e. The number of rotatable bonds is 2. The molecule has 0 aromatic carbocycles. The first-order chi connectivity index (χ1) is 4.74. The van der Waals surface area contributed by atoms with Crippen LogP contribution in [0.3, 0.4) is 0 Å². The molecule has 2 rings (SSSR count). The topological polar surface area (TPSA) is 20.3 Å². The standard InChI is InChI=1S/C7H10FNO/c8-7(6-1-2-6)3-9(4-7)5-10/h5-6H,1-4H2. The van der Waals surface area contributed by atoms with Crippen molar-refractivity contribution in [2.24, 2.45) is 5.92 Å². The third-order valence-electron chi connectivity index (χ3n) is 2.39. The molecule has 1 heterocycles. The van der Waals surface area contributed by atoms with Gasteiger partial charge in [-0.1, -0.05) is 0 Å². The van der Waals surface area contributed by atoms with E-state index in [0.29, 0.717) is 13.1 Å². The predicted octanol–water partition coefficient (Wildman–Crippen LogP) is 0.577. The summed E-state index contributed by atoms with van der Waals surface area (Å²) in [6.45, 7) is 0.669. The van der Waals surface area contributed by atoms with Crippen LogP contribution in [-0.2, 0) is 4.79 Å². The van der Waals surface area contributed by atoms with Crippen LogP contribution in [0.25, 0.3) is 0 Å². The molecule has 10 heavy (non-hydrogen) atoms. The molecule has 2 fully saturated rings. The van der Waals surface area contributed by atoms with Crippen LogP contribution in [0.5, 0.6) is 0 Å². The van der Waals surface area contributed by atoms with Gasteiger partial charge in [0.25, 0.3) is 0 Å². The van der Waals surface area contributed by atoms with Crippen molar-refractivity contribution < 1.29 is 9.18 Å². The molecule has 0 aromatic heterocycles. The first-order valence-corrected chi connectivity index (χ1v) is 3.63. The molecule has 0 bridgehead atoms. The maximum absolute atomic E-state index is 13.3. The van der Waals surface area contributed by atoms with E-state index in [-0.39, 0.29) is 5.92 Å². The van der Waals surface area contributed by atoms with E-state index in [1.807, 2.05) is 0 Å². The Labute approximate surface area is 59.0 Å². The molecule has 1 saturated heterocycles. The zero-order chi connectivity index (χ0) is 7.19. The van der Waals surface area contributed by atoms with Crippen molar-refractivity contribution in [3.63, 3.8) is 0 Å². The van der Waals surface area contributed by atoms with Crippen LogP contribution >= 0.6 is 0 Å². The molecular formula is C7H10FNO. The second-order valence-electron chi connectivity index (χ2n) is 3.32. The lowest BCUT2D eigenvalue weighted by atomic mass is 9.92. The van der Waals surface area contributed by atoms with Gasteiger partial charge in [-0.3, -0.25) is 4.79 Å². The average Bonchev–Trinajstić information content (AvgIpc) is 2.61. The van der Waals surface area contributed by atoms with Crippen molar-refractivity contribution in [3.8, 4) is 0 Å². The second-order valence-corrected chi connectivity index (χ2v) is 3.32. The fourth-order valence-corrected chi connectivity index (χ4v) is 1.56. The van der Waals surface area contributed by atoms with Gasteiger partial charge < -0.3 is 4.90 Å². The molecule has 0 aromatic rings. The predicted molar refractivity (Wildman–Crippen MR) is 34.2 cm³/mol. The Hall–Kier alpha value is -0.600. The van der Waals surface area contributed by atoms with Crippen molar-refractivity contribution in [3.05, 3.63) is 0 Å². The third kappa shape index (κ3) is 0.728. The third-order valence-corrected chi connectivity index (χ3v) is 2.39. The van der Waals surface area contributed by atoms with E-state index in [0.717, 1.165) is 19.3 Å². The fourth-order valence-electron chi connectivity index (χ4n) is 1.56. The van der Waals surface area contributed by atoms with Gasteiger partial charge in [-0.05, 0) is 18.8 Å². The minimum Gasteiger partial charge on any atom is -0.339 e. The van der Waals surface area contributed by atoms with Crippen LogP contribution in [0.1, 0.15) is 12.8 Å². The Morgan fingerprint density at radius 3 is 2.50 bits per heavy atom. The normalized spacial score (nSPS) is 29.5. The summed E-state index contributed by atoms with van der Waals surface area (Å²) in [7, 11) is 0. The van der Waals surface area contributed by atoms with Gasteiger partial charge in [-0.15, -0.1) is 0 Å². The highest BCUT2D eigenvalue weighted by Crippen LogP contribution is 2.46. The van der Waals surface area contributed by atoms with Crippen molar-refractivity contribution in [2.45, 2.75) is 18.5 Å². The summed E-state index contributed by atoms with van der Waals surface area (Å²) in [6.07, 6.45) is 2.76. The number of carbonyl (C=O) groups is 1. The number of alkyl halides is 1. The minimum atomic E-state index is -0.999. The number of hydrogen-bond acceptors (Lipinski definition) is 1. The molecule has 2 aliphatic rings. The van der Waals surface area contributed by atoms with Crippen LogP contribution in [0, 0.1) is 5.92 Å². The molecule has 0 unspecified atom stereocenters. The van der Waals surface area contributed by atoms with E-state index >= 15 is 0 Å². The highest BCUT2D eigenvalue weighted by atomic mass is 19.1. The van der Waals surface area contributed by atoms with Gasteiger partial charge in [0.2, 0.25) is 6.41 Å². The van der Waals surface area contributed by atoms with E-state index in [1.54, 1.807) is 0 Å². The van der Waals surface area contributed by atoms with Crippen molar-refractivity contribution in [1.29, 1.82) is 0 Å². The summed E-state index contributed by atoms with van der Waals surface area (Å²) >= 11 is 0. The maximum Gasteiger partial charge on any atom is 0.209 e. The van der Waals surface area contributed by atoms with Gasteiger partial charge in [0, 0.05) is 0 Å². The molecule has 1 aliphatic heterocycles. The molecule has 3 heteroatoms. The molecule has 0 atom stereocenters. The van der Waals surface area contributed by atoms with Gasteiger partial charge in [-0.25, -0.2) is 4.39 Å². The minimum absolute atomic E-state index is 0.267. The summed E-state index contributed by atoms with van der Waals surface area (Å²) in [6, 6.07) is 0. The van der Waals surface area contributed by atoms with E-state index in [4.69, 9.17) is 0 Å². The molecular weight excluding hydrogens is 133 g/mol. The van der Waals surface area contributed by atoms with Gasteiger partial charge in [0.1, 0.15) is 5.67 Å². The SMILES string of the molecule is O=CN1CC(F)(C2CC2)C1. The van der Waals surface area contributed by atoms with Crippen LogP contribution < -0.4 is 0 Å². The lowest BCUT2D eigenvalue weighted by Gasteiger charge is -2.42. The van der Waals surface area contributed by atoms with Gasteiger partial charge >= 0.3 is 0 Å². The summed E-state index contributed by atoms with van der Waals surface area (Å²) in [5.41, 5.74) is -0.999. The highest BCUT2D eigenvalue weighted by Gasteiger charge is 2.53. The fraction of sp³-hybridized carbons (Fsp3) is 0.857. The van der Waals surface area contributed by atoms with Crippen molar-refractivity contribution in [2.75, 3.05) is 13.1 Å². The summed E-state index contributed by atoms with van der Waals surface area (Å²) in [5, 5.41) is 0. The molecule has 0 spiro atoms. The molecule has 1 saturated carbocycles. The molecule has 56 valence electrons. The number of nitrogens with zero attached hydrogens (tertiary/aromatic N) is 1. The summed E-state index contributed by atoms with van der Waals surface area (Å²) < 4.78 is 13.3. The highest BCUT2D eigenvalue weighted by molar-refractivity contribution is 5.50. The Kier molecular flexibility index (Phi) is 1.05. The van der Waals surface area contributed by atoms with Crippen molar-refractivity contribution in [1.82, 2.24) is 4.90 Å². The van der Waals surface area contributed by atoms with E-state index < -0.39 is 5.67 Å². The Morgan fingerprint density at radius 2 is 2.10 bits per heavy atom. The number of hydrogen-bond donors (Lipinski definition) is 0. The maximum atomic E-state index is 13.3. The first-order valence-electron chi connectivity index (χ1n) is 3.63. The van der Waals surface area contributed by atoms with Gasteiger partial charge in [0.05, 0.1) is 13.1 Å². The monoisotopic (exact) mass is 143 g/mol. The molecule has 2 nitrogen and oxygen atoms in total. The van der Waals surface area contributed by atoms with Crippen LogP contribution in [0.4, 0.5) is 4.39 Å². The quantitative estimate of drug-likeness (QED) is 0.518. The zero-order valence-electron chi connectivity index (χ0n) is 5.72. The number of amides is 1. The number of carbonyl (C=O) groups excluding carboxylic acids is 1. The van der Waals surface area contributed by atoms with E-state index in [1.165, 1.54) is 4.90 Å². The van der Waals surface area contributed by atoms with Crippen molar-refractivity contribution >= 4 is 6.41 Å². The summed E-state index contributed by atoms with van der Waals surface area (Å²) in [5.74, 6) is 0.267. The zero-order valence-corrected chi connectivity index (χ0v) is 5.72. The lowest BCUT2D eigenvalue weighted by Crippen LogP contribution is -2.59. The molecule has 1 amide bonds. The average molecular weight is 143 g/mol. The molecule has 0 radical (unpaired) electrons. The Balaban J connectivity index is 1.91. The van der Waals surface area contributed by atoms with Crippen LogP contribution in [0.2, 0.25) is 0 Å². The van der Waals surface area contributed by atoms with Crippen LogP contribution in [-0.4, -0.2) is 30.1 Å². The number of likely N-dealkylation sites (tertiary alicyclic amines) is 1. The van der Waals surface area contributed by atoms with Gasteiger partial charge in [-0.2, -0.15) is 0 Å². The Morgan fingerprint density at radius 1 is 1.50 bits per heavy atom. The summed E-state index contributed by atoms with van der Waals surface area (Å²) in [4.78, 5) is 11.6. The molecule has 0 N–H and O–H groups in total. The van der Waals surface area contributed by atoms with Crippen LogP contribution in [0.15, 0.2) is 0 Å². The first kappa shape index (κ1) is 6.13.